The van der Waals surface area contributed by atoms with Crippen LogP contribution in [-0.2, 0) is 15.7 Å². The highest BCUT2D eigenvalue weighted by Crippen LogP contribution is 2.30. The molecule has 0 saturated carbocycles. The van der Waals surface area contributed by atoms with Crippen molar-refractivity contribution < 1.29 is 32.6 Å². The van der Waals surface area contributed by atoms with Crippen LogP contribution in [0.15, 0.2) is 24.3 Å². The number of carbonyl (C=O) groups is 2. The van der Waals surface area contributed by atoms with Crippen LogP contribution in [-0.4, -0.2) is 47.7 Å². The Kier molecular flexibility index (Phi) is 4.70. The molecule has 0 aromatic heterocycles. The first-order valence-electron chi connectivity index (χ1n) is 6.57. The number of alkyl halides is 3. The lowest BCUT2D eigenvalue weighted by Crippen LogP contribution is -2.49. The van der Waals surface area contributed by atoms with Crippen LogP contribution < -0.4 is 0 Å². The number of hydrogen-bond acceptors (Lipinski definition) is 3. The molecule has 1 fully saturated rings. The van der Waals surface area contributed by atoms with E-state index in [4.69, 9.17) is 9.84 Å². The number of halogens is 3. The number of aliphatic carboxylic acids is 1. The predicted molar refractivity (Wildman–Crippen MR) is 69.3 cm³/mol. The van der Waals surface area contributed by atoms with E-state index in [1.54, 1.807) is 0 Å². The van der Waals surface area contributed by atoms with Crippen LogP contribution in [0, 0.1) is 0 Å². The van der Waals surface area contributed by atoms with Gasteiger partial charge in [0.15, 0.2) is 0 Å². The second kappa shape index (κ2) is 6.35. The molecule has 1 N–H and O–H groups in total. The molecule has 0 bridgehead atoms. The van der Waals surface area contributed by atoms with Gasteiger partial charge in [0.25, 0.3) is 5.91 Å². The molecule has 0 radical (unpaired) electrons. The zero-order valence-corrected chi connectivity index (χ0v) is 11.5. The molecular weight excluding hydrogens is 303 g/mol. The Morgan fingerprint density at radius 2 is 2.09 bits per heavy atom. The molecule has 0 spiro atoms. The lowest BCUT2D eigenvalue weighted by molar-refractivity contribution is -0.139. The average molecular weight is 317 g/mol. The van der Waals surface area contributed by atoms with Crippen LogP contribution in [0.3, 0.4) is 0 Å². The number of carboxylic acids is 1. The summed E-state index contributed by atoms with van der Waals surface area (Å²) >= 11 is 0. The summed E-state index contributed by atoms with van der Waals surface area (Å²) in [5, 5.41) is 8.84. The third kappa shape index (κ3) is 3.76. The summed E-state index contributed by atoms with van der Waals surface area (Å²) in [5.74, 6) is -1.72. The first-order chi connectivity index (χ1) is 10.3. The quantitative estimate of drug-likeness (QED) is 0.926. The molecule has 0 aliphatic carbocycles. The Labute approximate surface area is 124 Å². The Morgan fingerprint density at radius 1 is 1.36 bits per heavy atom. The minimum atomic E-state index is -4.54. The molecule has 1 aliphatic rings. The summed E-state index contributed by atoms with van der Waals surface area (Å²) in [6, 6.07) is 3.40. The molecule has 1 aromatic carbocycles. The molecule has 5 nitrogen and oxygen atoms in total. The molecule has 1 atom stereocenters. The summed E-state index contributed by atoms with van der Waals surface area (Å²) in [5.41, 5.74) is -1.03. The van der Waals surface area contributed by atoms with Gasteiger partial charge in [-0.3, -0.25) is 9.59 Å². The molecule has 120 valence electrons. The molecule has 1 aromatic rings. The molecule has 22 heavy (non-hydrogen) atoms. The summed E-state index contributed by atoms with van der Waals surface area (Å²) in [6.45, 7) is 0.421. The minimum Gasteiger partial charge on any atom is -0.481 e. The SMILES string of the molecule is O=C(O)CC1COCCN1C(=O)c1cccc(C(F)(F)F)c1. The fourth-order valence-corrected chi connectivity index (χ4v) is 2.29. The van der Waals surface area contributed by atoms with E-state index in [0.717, 1.165) is 18.2 Å². The van der Waals surface area contributed by atoms with E-state index in [9.17, 15) is 22.8 Å². The van der Waals surface area contributed by atoms with Crippen molar-refractivity contribution in [2.45, 2.75) is 18.6 Å². The Balaban J connectivity index is 2.24. The van der Waals surface area contributed by atoms with Gasteiger partial charge in [0.1, 0.15) is 0 Å². The number of carboxylic acid groups (broad SMARTS) is 1. The van der Waals surface area contributed by atoms with Crippen molar-refractivity contribution in [1.82, 2.24) is 4.90 Å². The molecule has 1 heterocycles. The fourth-order valence-electron chi connectivity index (χ4n) is 2.29. The standard InChI is InChI=1S/C14H14F3NO4/c15-14(16,17)10-3-1-2-9(6-10)13(21)18-4-5-22-8-11(18)7-12(19)20/h1-3,6,11H,4-5,7-8H2,(H,19,20). The number of benzene rings is 1. The van der Waals surface area contributed by atoms with E-state index < -0.39 is 29.7 Å². The molecule has 1 amide bonds. The second-order valence-electron chi connectivity index (χ2n) is 4.90. The Hall–Kier alpha value is -2.09. The van der Waals surface area contributed by atoms with Crippen molar-refractivity contribution in [2.75, 3.05) is 19.8 Å². The van der Waals surface area contributed by atoms with Gasteiger partial charge in [0.2, 0.25) is 0 Å². The van der Waals surface area contributed by atoms with Crippen LogP contribution in [0.4, 0.5) is 13.2 Å². The Bertz CT molecular complexity index is 573. The number of rotatable bonds is 3. The van der Waals surface area contributed by atoms with Gasteiger partial charge in [-0.2, -0.15) is 13.2 Å². The summed E-state index contributed by atoms with van der Waals surface area (Å²) in [7, 11) is 0. The fraction of sp³-hybridized carbons (Fsp3) is 0.429. The highest BCUT2D eigenvalue weighted by Gasteiger charge is 2.33. The van der Waals surface area contributed by atoms with Crippen LogP contribution >= 0.6 is 0 Å². The normalized spacial score (nSPS) is 19.0. The highest BCUT2D eigenvalue weighted by molar-refractivity contribution is 5.95. The molecule has 8 heteroatoms. The third-order valence-electron chi connectivity index (χ3n) is 3.34. The van der Waals surface area contributed by atoms with Gasteiger partial charge in [-0.1, -0.05) is 6.07 Å². The molecule has 1 aliphatic heterocycles. The van der Waals surface area contributed by atoms with Gasteiger partial charge in [-0.15, -0.1) is 0 Å². The number of ether oxygens (including phenoxy) is 1. The smallest absolute Gasteiger partial charge is 0.416 e. The topological polar surface area (TPSA) is 66.8 Å². The summed E-state index contributed by atoms with van der Waals surface area (Å²) in [6.07, 6.45) is -4.85. The summed E-state index contributed by atoms with van der Waals surface area (Å²) in [4.78, 5) is 24.5. The lowest BCUT2D eigenvalue weighted by atomic mass is 10.1. The van der Waals surface area contributed by atoms with Crippen molar-refractivity contribution in [2.24, 2.45) is 0 Å². The van der Waals surface area contributed by atoms with Gasteiger partial charge in [0.05, 0.1) is 31.2 Å². The molecule has 1 unspecified atom stereocenters. The van der Waals surface area contributed by atoms with E-state index in [2.05, 4.69) is 0 Å². The molecule has 1 saturated heterocycles. The maximum atomic E-state index is 12.7. The predicted octanol–water partition coefficient (Wildman–Crippen LogP) is 2.02. The van der Waals surface area contributed by atoms with Crippen molar-refractivity contribution in [3.63, 3.8) is 0 Å². The number of amides is 1. The maximum Gasteiger partial charge on any atom is 0.416 e. The van der Waals surface area contributed by atoms with Gasteiger partial charge >= 0.3 is 12.1 Å². The largest absolute Gasteiger partial charge is 0.481 e. The average Bonchev–Trinajstić information content (AvgIpc) is 2.46. The van der Waals surface area contributed by atoms with Crippen molar-refractivity contribution >= 4 is 11.9 Å². The first-order valence-corrected chi connectivity index (χ1v) is 6.57. The molecule has 2 rings (SSSR count). The minimum absolute atomic E-state index is 0.0526. The van der Waals surface area contributed by atoms with Crippen LogP contribution in [0.2, 0.25) is 0 Å². The Morgan fingerprint density at radius 3 is 2.73 bits per heavy atom. The number of carbonyl (C=O) groups excluding carboxylic acids is 1. The van der Waals surface area contributed by atoms with Gasteiger partial charge in [-0.05, 0) is 18.2 Å². The van der Waals surface area contributed by atoms with E-state index in [-0.39, 0.29) is 31.7 Å². The zero-order valence-electron chi connectivity index (χ0n) is 11.5. The lowest BCUT2D eigenvalue weighted by Gasteiger charge is -2.35. The van der Waals surface area contributed by atoms with E-state index >= 15 is 0 Å². The zero-order chi connectivity index (χ0) is 16.3. The van der Waals surface area contributed by atoms with Crippen molar-refractivity contribution in [3.8, 4) is 0 Å². The first kappa shape index (κ1) is 16.3. The highest BCUT2D eigenvalue weighted by atomic mass is 19.4. The van der Waals surface area contributed by atoms with Crippen molar-refractivity contribution in [1.29, 1.82) is 0 Å². The van der Waals surface area contributed by atoms with Gasteiger partial charge in [0, 0.05) is 12.1 Å². The maximum absolute atomic E-state index is 12.7. The van der Waals surface area contributed by atoms with E-state index in [0.29, 0.717) is 0 Å². The van der Waals surface area contributed by atoms with E-state index in [1.165, 1.54) is 11.0 Å². The van der Waals surface area contributed by atoms with Gasteiger partial charge in [-0.25, -0.2) is 0 Å². The van der Waals surface area contributed by atoms with Crippen molar-refractivity contribution in [3.05, 3.63) is 35.4 Å². The number of morpholine rings is 1. The van der Waals surface area contributed by atoms with E-state index in [1.807, 2.05) is 0 Å². The second-order valence-corrected chi connectivity index (χ2v) is 4.90. The summed E-state index contributed by atoms with van der Waals surface area (Å²) < 4.78 is 43.2. The van der Waals surface area contributed by atoms with Crippen LogP contribution in [0.5, 0.6) is 0 Å². The third-order valence-corrected chi connectivity index (χ3v) is 3.34. The number of nitrogens with zero attached hydrogens (tertiary/aromatic N) is 1. The molecular formula is C14H14F3NO4. The van der Waals surface area contributed by atoms with Crippen LogP contribution in [0.1, 0.15) is 22.3 Å². The monoisotopic (exact) mass is 317 g/mol. The van der Waals surface area contributed by atoms with Crippen LogP contribution in [0.25, 0.3) is 0 Å². The van der Waals surface area contributed by atoms with Gasteiger partial charge < -0.3 is 14.7 Å². The number of hydrogen-bond donors (Lipinski definition) is 1.